The van der Waals surface area contributed by atoms with Crippen molar-refractivity contribution >= 4 is 11.6 Å². The summed E-state index contributed by atoms with van der Waals surface area (Å²) in [4.78, 5) is 15.1. The molecular weight excluding hydrogens is 352 g/mol. The molecule has 5 nitrogen and oxygen atoms in total. The summed E-state index contributed by atoms with van der Waals surface area (Å²) < 4.78 is 11.4. The Balaban J connectivity index is 1.65. The van der Waals surface area contributed by atoms with Gasteiger partial charge in [-0.3, -0.25) is 4.79 Å². The lowest BCUT2D eigenvalue weighted by molar-refractivity contribution is 0.0949. The topological polar surface area (TPSA) is 50.8 Å². The Kier molecular flexibility index (Phi) is 7.31. The summed E-state index contributed by atoms with van der Waals surface area (Å²) in [5.74, 6) is 1.37. The Labute approximate surface area is 167 Å². The minimum Gasteiger partial charge on any atom is -0.493 e. The third-order valence-corrected chi connectivity index (χ3v) is 4.87. The van der Waals surface area contributed by atoms with Crippen molar-refractivity contribution in [3.63, 3.8) is 0 Å². The molecule has 1 heterocycles. The average molecular weight is 383 g/mol. The highest BCUT2D eigenvalue weighted by Gasteiger charge is 2.18. The summed E-state index contributed by atoms with van der Waals surface area (Å²) in [6.07, 6.45) is 1.01. The first-order chi connectivity index (χ1) is 13.6. The van der Waals surface area contributed by atoms with Gasteiger partial charge in [0.15, 0.2) is 0 Å². The van der Waals surface area contributed by atoms with Gasteiger partial charge >= 0.3 is 0 Å². The van der Waals surface area contributed by atoms with Gasteiger partial charge in [-0.15, -0.1) is 0 Å². The maximum Gasteiger partial charge on any atom is 0.253 e. The van der Waals surface area contributed by atoms with Crippen LogP contribution in [0.5, 0.6) is 5.75 Å². The smallest absolute Gasteiger partial charge is 0.253 e. The molecule has 0 radical (unpaired) electrons. The number of para-hydroxylation sites is 2. The van der Waals surface area contributed by atoms with Crippen LogP contribution in [-0.2, 0) is 11.3 Å². The molecule has 150 valence electrons. The lowest BCUT2D eigenvalue weighted by Crippen LogP contribution is -2.37. The fourth-order valence-corrected chi connectivity index (χ4v) is 3.21. The summed E-state index contributed by atoms with van der Waals surface area (Å²) >= 11 is 0. The Morgan fingerprint density at radius 1 is 1.11 bits per heavy atom. The summed E-state index contributed by atoms with van der Waals surface area (Å²) in [6.45, 7) is 8.47. The van der Waals surface area contributed by atoms with Crippen molar-refractivity contribution in [1.82, 2.24) is 5.32 Å². The van der Waals surface area contributed by atoms with Crippen LogP contribution < -0.4 is 15.0 Å². The number of benzene rings is 2. The Morgan fingerprint density at radius 2 is 1.82 bits per heavy atom. The number of hydrogen-bond acceptors (Lipinski definition) is 4. The molecule has 3 rings (SSSR count). The molecule has 28 heavy (non-hydrogen) atoms. The van der Waals surface area contributed by atoms with Gasteiger partial charge in [0, 0.05) is 30.9 Å². The molecule has 1 saturated heterocycles. The Bertz CT molecular complexity index is 770. The molecule has 1 aliphatic heterocycles. The average Bonchev–Trinajstić information content (AvgIpc) is 2.73. The van der Waals surface area contributed by atoms with E-state index in [-0.39, 0.29) is 5.91 Å². The number of nitrogens with one attached hydrogen (secondary N) is 1. The standard InChI is InChI=1S/C23H30N2O3/c1-18(2)11-14-28-22-10-6-3-7-19(22)17-24-23(26)20-8-4-5-9-21(20)25-12-15-27-16-13-25/h3-10,18H,11-17H2,1-2H3,(H,24,26). The number of morpholine rings is 1. The molecule has 0 aliphatic carbocycles. The molecule has 0 spiro atoms. The summed E-state index contributed by atoms with van der Waals surface area (Å²) in [5.41, 5.74) is 2.65. The zero-order valence-corrected chi connectivity index (χ0v) is 16.8. The van der Waals surface area contributed by atoms with E-state index < -0.39 is 0 Å². The molecule has 1 fully saturated rings. The number of nitrogens with zero attached hydrogens (tertiary/aromatic N) is 1. The molecular formula is C23H30N2O3. The van der Waals surface area contributed by atoms with E-state index in [1.807, 2.05) is 48.5 Å². The number of hydrogen-bond donors (Lipinski definition) is 1. The normalized spacial score (nSPS) is 14.2. The maximum atomic E-state index is 12.9. The van der Waals surface area contributed by atoms with Gasteiger partial charge in [-0.05, 0) is 30.5 Å². The zero-order chi connectivity index (χ0) is 19.8. The van der Waals surface area contributed by atoms with Crippen molar-refractivity contribution in [3.8, 4) is 5.75 Å². The van der Waals surface area contributed by atoms with Gasteiger partial charge in [-0.25, -0.2) is 0 Å². The van der Waals surface area contributed by atoms with Crippen LogP contribution >= 0.6 is 0 Å². The molecule has 2 aromatic rings. The minimum atomic E-state index is -0.0703. The molecule has 2 aromatic carbocycles. The summed E-state index contributed by atoms with van der Waals surface area (Å²) in [6, 6.07) is 15.7. The number of ether oxygens (including phenoxy) is 2. The highest BCUT2D eigenvalue weighted by molar-refractivity contribution is 5.99. The van der Waals surface area contributed by atoms with E-state index in [9.17, 15) is 4.79 Å². The van der Waals surface area contributed by atoms with Crippen molar-refractivity contribution in [1.29, 1.82) is 0 Å². The molecule has 0 unspecified atom stereocenters. The SMILES string of the molecule is CC(C)CCOc1ccccc1CNC(=O)c1ccccc1N1CCOCC1. The second kappa shape index (κ2) is 10.1. The van der Waals surface area contributed by atoms with Crippen LogP contribution in [0.2, 0.25) is 0 Å². The van der Waals surface area contributed by atoms with E-state index in [1.165, 1.54) is 0 Å². The molecule has 0 aromatic heterocycles. The molecule has 1 amide bonds. The first kappa shape index (κ1) is 20.2. The lowest BCUT2D eigenvalue weighted by Gasteiger charge is -2.30. The van der Waals surface area contributed by atoms with Gasteiger partial charge in [0.25, 0.3) is 5.91 Å². The van der Waals surface area contributed by atoms with Crippen molar-refractivity contribution in [2.75, 3.05) is 37.8 Å². The number of carbonyl (C=O) groups excluding carboxylic acids is 1. The van der Waals surface area contributed by atoms with Gasteiger partial charge in [0.05, 0.1) is 25.4 Å². The van der Waals surface area contributed by atoms with E-state index in [1.54, 1.807) is 0 Å². The fraction of sp³-hybridized carbons (Fsp3) is 0.435. The van der Waals surface area contributed by atoms with Crippen LogP contribution in [0, 0.1) is 5.92 Å². The van der Waals surface area contributed by atoms with Crippen LogP contribution in [-0.4, -0.2) is 38.8 Å². The Hall–Kier alpha value is -2.53. The van der Waals surface area contributed by atoms with E-state index in [4.69, 9.17) is 9.47 Å². The number of amides is 1. The van der Waals surface area contributed by atoms with Crippen LogP contribution in [0.25, 0.3) is 0 Å². The van der Waals surface area contributed by atoms with Crippen LogP contribution in [0.4, 0.5) is 5.69 Å². The predicted octanol–water partition coefficient (Wildman–Crippen LogP) is 3.88. The second-order valence-electron chi connectivity index (χ2n) is 7.44. The maximum absolute atomic E-state index is 12.9. The van der Waals surface area contributed by atoms with Crippen molar-refractivity contribution in [3.05, 3.63) is 59.7 Å². The van der Waals surface area contributed by atoms with Gasteiger partial charge in [0.2, 0.25) is 0 Å². The molecule has 1 aliphatic rings. The molecule has 5 heteroatoms. The third kappa shape index (κ3) is 5.49. The third-order valence-electron chi connectivity index (χ3n) is 4.87. The van der Waals surface area contributed by atoms with Crippen LogP contribution in [0.1, 0.15) is 36.2 Å². The van der Waals surface area contributed by atoms with Gasteiger partial charge in [0.1, 0.15) is 5.75 Å². The van der Waals surface area contributed by atoms with Crippen molar-refractivity contribution < 1.29 is 14.3 Å². The minimum absolute atomic E-state index is 0.0703. The van der Waals surface area contributed by atoms with Crippen LogP contribution in [0.3, 0.4) is 0 Å². The Morgan fingerprint density at radius 3 is 2.61 bits per heavy atom. The first-order valence-electron chi connectivity index (χ1n) is 10.1. The number of carbonyl (C=O) groups is 1. The fourth-order valence-electron chi connectivity index (χ4n) is 3.21. The van der Waals surface area contributed by atoms with Gasteiger partial charge < -0.3 is 19.7 Å². The highest BCUT2D eigenvalue weighted by Crippen LogP contribution is 2.22. The van der Waals surface area contributed by atoms with Crippen LogP contribution in [0.15, 0.2) is 48.5 Å². The number of rotatable bonds is 8. The molecule has 1 N–H and O–H groups in total. The molecule has 0 atom stereocenters. The van der Waals surface area contributed by atoms with Crippen molar-refractivity contribution in [2.45, 2.75) is 26.8 Å². The van der Waals surface area contributed by atoms with E-state index in [2.05, 4.69) is 24.1 Å². The monoisotopic (exact) mass is 382 g/mol. The van der Waals surface area contributed by atoms with E-state index in [0.717, 1.165) is 36.5 Å². The van der Waals surface area contributed by atoms with Gasteiger partial charge in [-0.1, -0.05) is 44.2 Å². The number of anilines is 1. The van der Waals surface area contributed by atoms with Crippen molar-refractivity contribution in [2.24, 2.45) is 5.92 Å². The second-order valence-corrected chi connectivity index (χ2v) is 7.44. The first-order valence-corrected chi connectivity index (χ1v) is 10.1. The molecule has 0 bridgehead atoms. The predicted molar refractivity (Wildman–Crippen MR) is 112 cm³/mol. The zero-order valence-electron chi connectivity index (χ0n) is 16.8. The van der Waals surface area contributed by atoms with Gasteiger partial charge in [-0.2, -0.15) is 0 Å². The highest BCUT2D eigenvalue weighted by atomic mass is 16.5. The molecule has 0 saturated carbocycles. The quantitative estimate of drug-likeness (QED) is 0.753. The van der Waals surface area contributed by atoms with E-state index >= 15 is 0 Å². The lowest BCUT2D eigenvalue weighted by atomic mass is 10.1. The summed E-state index contributed by atoms with van der Waals surface area (Å²) in [5, 5.41) is 3.06. The van der Waals surface area contributed by atoms with E-state index in [0.29, 0.717) is 37.8 Å². The summed E-state index contributed by atoms with van der Waals surface area (Å²) in [7, 11) is 0. The largest absolute Gasteiger partial charge is 0.493 e.